The number of carbonyl (C=O) groups excluding carboxylic acids is 1. The van der Waals surface area contributed by atoms with Gasteiger partial charge in [-0.25, -0.2) is 9.36 Å². The zero-order chi connectivity index (χ0) is 14.7. The normalized spacial score (nSPS) is 11.5. The Bertz CT molecular complexity index is 298. The molecule has 19 heavy (non-hydrogen) atoms. The fraction of sp³-hybridized carbons (Fsp3) is 0.786. The van der Waals surface area contributed by atoms with Crippen molar-refractivity contribution in [2.75, 3.05) is 6.61 Å². The zero-order valence-electron chi connectivity index (χ0n) is 12.2. The fourth-order valence-electron chi connectivity index (χ4n) is 1.91. The highest BCUT2D eigenvalue weighted by atomic mass is 31.1. The van der Waals surface area contributed by atoms with E-state index in [9.17, 15) is 9.36 Å². The molecule has 0 aliphatic heterocycles. The molecule has 0 rings (SSSR count). The minimum Gasteiger partial charge on any atom is -0.456 e. The van der Waals surface area contributed by atoms with Gasteiger partial charge in [0.05, 0.1) is 6.61 Å². The van der Waals surface area contributed by atoms with E-state index in [2.05, 4.69) is 6.58 Å². The Balaban J connectivity index is 4.19. The van der Waals surface area contributed by atoms with Crippen LogP contribution >= 0.6 is 8.69 Å². The summed E-state index contributed by atoms with van der Waals surface area (Å²) in [6, 6.07) is 0. The summed E-state index contributed by atoms with van der Waals surface area (Å²) in [6.45, 7) is 9.86. The minimum atomic E-state index is -0.381. The summed E-state index contributed by atoms with van der Waals surface area (Å²) in [6.07, 6.45) is 5.25. The summed E-state index contributed by atoms with van der Waals surface area (Å²) in [5.41, 5.74) is 0.0577. The van der Waals surface area contributed by atoms with E-state index in [0.717, 1.165) is 38.5 Å². The average molecular weight is 288 g/mol. The molecule has 0 aromatic rings. The average Bonchev–Trinajstić information content (AvgIpc) is 2.41. The van der Waals surface area contributed by atoms with Crippen LogP contribution < -0.4 is 0 Å². The molecule has 0 aliphatic carbocycles. The number of hydrogen-bond donors (Lipinski definition) is 0. The van der Waals surface area contributed by atoms with Gasteiger partial charge in [0.2, 0.25) is 0 Å². The van der Waals surface area contributed by atoms with Crippen LogP contribution in [0.25, 0.3) is 0 Å². The molecule has 0 aromatic heterocycles. The van der Waals surface area contributed by atoms with Gasteiger partial charge in [-0.3, -0.25) is 4.52 Å². The zero-order valence-corrected chi connectivity index (χ0v) is 13.1. The predicted octanol–water partition coefficient (Wildman–Crippen LogP) is 4.45. The highest BCUT2D eigenvalue weighted by Gasteiger charge is 2.30. The Hall–Kier alpha value is -0.730. The van der Waals surface area contributed by atoms with E-state index >= 15 is 0 Å². The van der Waals surface area contributed by atoms with E-state index in [-0.39, 0.29) is 20.3 Å². The Morgan fingerprint density at radius 1 is 1.21 bits per heavy atom. The second-order valence-electron chi connectivity index (χ2n) is 4.78. The molecular weight excluding hydrogens is 263 g/mol. The molecule has 0 saturated heterocycles. The van der Waals surface area contributed by atoms with Gasteiger partial charge < -0.3 is 4.74 Å². The van der Waals surface area contributed by atoms with Gasteiger partial charge in [-0.15, -0.1) is 0 Å². The lowest BCUT2D eigenvalue weighted by Gasteiger charge is -2.31. The van der Waals surface area contributed by atoms with E-state index in [0.29, 0.717) is 12.2 Å². The van der Waals surface area contributed by atoms with Gasteiger partial charge in [0.25, 0.3) is 0 Å². The smallest absolute Gasteiger partial charge is 0.333 e. The first-order chi connectivity index (χ1) is 9.01. The van der Waals surface area contributed by atoms with Crippen LogP contribution in [-0.2, 0) is 18.6 Å². The second-order valence-corrected chi connectivity index (χ2v) is 5.19. The Kier molecular flexibility index (Phi) is 9.72. The first-order valence-electron chi connectivity index (χ1n) is 6.84. The molecule has 5 heteroatoms. The third-order valence-electron chi connectivity index (χ3n) is 3.37. The maximum absolute atomic E-state index is 11.7. The van der Waals surface area contributed by atoms with Crippen molar-refractivity contribution in [3.05, 3.63) is 12.2 Å². The molecule has 0 radical (unpaired) electrons. The lowest BCUT2D eigenvalue weighted by atomic mass is 9.90. The van der Waals surface area contributed by atoms with Crippen molar-refractivity contribution in [1.29, 1.82) is 0 Å². The SMILES string of the molecule is C=C(C)C(=O)OC(CC)(CC)CCCCCOP=O. The number of ether oxygens (including phenoxy) is 1. The fourth-order valence-corrected chi connectivity index (χ4v) is 2.11. The standard InChI is InChI=1S/C14H25O4P/c1-5-14(6-2,18-13(15)12(3)4)10-8-7-9-11-17-19-16/h3,5-11H2,1-2,4H3. The van der Waals surface area contributed by atoms with Crippen LogP contribution in [0.1, 0.15) is 59.3 Å². The van der Waals surface area contributed by atoms with E-state index < -0.39 is 0 Å². The molecule has 4 nitrogen and oxygen atoms in total. The van der Waals surface area contributed by atoms with Crippen LogP contribution in [0.5, 0.6) is 0 Å². The third-order valence-corrected chi connectivity index (χ3v) is 3.66. The van der Waals surface area contributed by atoms with Gasteiger partial charge >= 0.3 is 14.7 Å². The van der Waals surface area contributed by atoms with Crippen molar-refractivity contribution >= 4 is 14.7 Å². The Morgan fingerprint density at radius 3 is 2.32 bits per heavy atom. The van der Waals surface area contributed by atoms with Crippen molar-refractivity contribution in [2.45, 2.75) is 64.9 Å². The maximum atomic E-state index is 11.7. The predicted molar refractivity (Wildman–Crippen MR) is 76.2 cm³/mol. The van der Waals surface area contributed by atoms with Crippen LogP contribution in [-0.4, -0.2) is 18.2 Å². The van der Waals surface area contributed by atoms with Crippen molar-refractivity contribution in [3.63, 3.8) is 0 Å². The second kappa shape index (κ2) is 10.1. The molecule has 0 atom stereocenters. The van der Waals surface area contributed by atoms with Gasteiger partial charge in [0, 0.05) is 5.57 Å². The Morgan fingerprint density at radius 2 is 1.84 bits per heavy atom. The highest BCUT2D eigenvalue weighted by Crippen LogP contribution is 2.28. The first-order valence-corrected chi connectivity index (χ1v) is 7.57. The van der Waals surface area contributed by atoms with Crippen molar-refractivity contribution < 1.29 is 18.6 Å². The van der Waals surface area contributed by atoms with E-state index in [1.54, 1.807) is 6.92 Å². The van der Waals surface area contributed by atoms with Crippen LogP contribution in [0, 0.1) is 0 Å². The summed E-state index contributed by atoms with van der Waals surface area (Å²) in [5.74, 6) is -0.308. The highest BCUT2D eigenvalue weighted by molar-refractivity contribution is 7.17. The molecule has 0 bridgehead atoms. The molecular formula is C14H25O4P. The molecule has 0 unspecified atom stereocenters. The lowest BCUT2D eigenvalue weighted by Crippen LogP contribution is -2.34. The molecule has 0 amide bonds. The van der Waals surface area contributed by atoms with Crippen LogP contribution in [0.2, 0.25) is 0 Å². The molecule has 0 aromatic carbocycles. The van der Waals surface area contributed by atoms with E-state index in [1.165, 1.54) is 0 Å². The molecule has 0 saturated carbocycles. The minimum absolute atomic E-state index is 0.260. The van der Waals surface area contributed by atoms with Crippen molar-refractivity contribution in [3.8, 4) is 0 Å². The summed E-state index contributed by atoms with van der Waals surface area (Å²) < 4.78 is 20.4. The molecule has 0 heterocycles. The summed E-state index contributed by atoms with van der Waals surface area (Å²) in [7, 11) is -0.260. The van der Waals surface area contributed by atoms with Crippen LogP contribution in [0.3, 0.4) is 0 Å². The largest absolute Gasteiger partial charge is 0.456 e. The van der Waals surface area contributed by atoms with Gasteiger partial charge in [-0.1, -0.05) is 26.8 Å². The number of carbonyl (C=O) groups is 1. The summed E-state index contributed by atoms with van der Waals surface area (Å²) in [4.78, 5) is 11.7. The molecule has 0 aliphatic rings. The summed E-state index contributed by atoms with van der Waals surface area (Å²) in [5, 5.41) is 0. The number of unbranched alkanes of at least 4 members (excludes halogenated alkanes) is 2. The molecule has 0 spiro atoms. The molecule has 0 N–H and O–H groups in total. The quantitative estimate of drug-likeness (QED) is 0.244. The van der Waals surface area contributed by atoms with Crippen LogP contribution in [0.15, 0.2) is 12.2 Å². The lowest BCUT2D eigenvalue weighted by molar-refractivity contribution is -0.156. The molecule has 0 fully saturated rings. The third kappa shape index (κ3) is 7.44. The first kappa shape index (κ1) is 18.3. The van der Waals surface area contributed by atoms with Crippen LogP contribution in [0.4, 0.5) is 0 Å². The monoisotopic (exact) mass is 288 g/mol. The van der Waals surface area contributed by atoms with Crippen molar-refractivity contribution in [1.82, 2.24) is 0 Å². The van der Waals surface area contributed by atoms with E-state index in [1.807, 2.05) is 13.8 Å². The molecule has 110 valence electrons. The Labute approximate surface area is 117 Å². The number of hydrogen-bond acceptors (Lipinski definition) is 4. The number of rotatable bonds is 11. The van der Waals surface area contributed by atoms with E-state index in [4.69, 9.17) is 9.26 Å². The van der Waals surface area contributed by atoms with Gasteiger partial charge in [0.1, 0.15) is 5.60 Å². The summed E-state index contributed by atoms with van der Waals surface area (Å²) >= 11 is 0. The van der Waals surface area contributed by atoms with Gasteiger partial charge in [-0.05, 0) is 39.0 Å². The van der Waals surface area contributed by atoms with Gasteiger partial charge in [0.15, 0.2) is 0 Å². The van der Waals surface area contributed by atoms with Gasteiger partial charge in [-0.2, -0.15) is 0 Å². The topological polar surface area (TPSA) is 52.6 Å². The number of esters is 1. The maximum Gasteiger partial charge on any atom is 0.333 e. The van der Waals surface area contributed by atoms with Crippen molar-refractivity contribution in [2.24, 2.45) is 0 Å².